The molecular weight excluding hydrogens is 448 g/mol. The van der Waals surface area contributed by atoms with Gasteiger partial charge in [-0.15, -0.1) is 0 Å². The molecule has 2 aromatic carbocycles. The van der Waals surface area contributed by atoms with Crippen LogP contribution in [0, 0.1) is 0 Å². The highest BCUT2D eigenvalue weighted by Gasteiger charge is 2.12. The monoisotopic (exact) mass is 472 g/mol. The van der Waals surface area contributed by atoms with Crippen LogP contribution in [0.25, 0.3) is 10.9 Å². The molecule has 0 atom stereocenters. The Bertz CT molecular complexity index is 1210. The summed E-state index contributed by atoms with van der Waals surface area (Å²) in [7, 11) is 3.02. The van der Waals surface area contributed by atoms with E-state index in [1.807, 2.05) is 0 Å². The van der Waals surface area contributed by atoms with Crippen molar-refractivity contribution in [1.29, 1.82) is 0 Å². The maximum Gasteiger partial charge on any atom is 0.261 e. The Kier molecular flexibility index (Phi) is 8.26. The molecule has 2 N–H and O–H groups in total. The standard InChI is InChI=1S/C23H25ClN4O5/c1-32-19-12-16-18(13-20(19)33-2)27-14-28(23(16)31)11-5-8-21(29)25-9-10-26-22(30)15-6-3-4-7-17(15)24/h3-4,6-7,12-14H,5,8-11H2,1-2H3,(H,25,29)(H,26,30). The first-order valence-corrected chi connectivity index (χ1v) is 10.7. The summed E-state index contributed by atoms with van der Waals surface area (Å²) >= 11 is 5.99. The zero-order valence-electron chi connectivity index (χ0n) is 18.4. The Morgan fingerprint density at radius 1 is 1.06 bits per heavy atom. The second-order valence-electron chi connectivity index (χ2n) is 7.16. The van der Waals surface area contributed by atoms with Gasteiger partial charge in [0.25, 0.3) is 11.5 Å². The van der Waals surface area contributed by atoms with Crippen molar-refractivity contribution in [3.05, 3.63) is 63.7 Å². The highest BCUT2D eigenvalue weighted by atomic mass is 35.5. The van der Waals surface area contributed by atoms with E-state index >= 15 is 0 Å². The van der Waals surface area contributed by atoms with Gasteiger partial charge in [0.1, 0.15) is 0 Å². The van der Waals surface area contributed by atoms with Crippen molar-refractivity contribution < 1.29 is 19.1 Å². The van der Waals surface area contributed by atoms with Gasteiger partial charge in [-0.2, -0.15) is 0 Å². The van der Waals surface area contributed by atoms with Crippen LogP contribution in [0.2, 0.25) is 5.02 Å². The summed E-state index contributed by atoms with van der Waals surface area (Å²) in [6.07, 6.45) is 2.14. The molecule has 2 amide bonds. The molecule has 3 aromatic rings. The number of amides is 2. The summed E-state index contributed by atoms with van der Waals surface area (Å²) in [5.74, 6) is 0.472. The number of nitrogens with one attached hydrogen (secondary N) is 2. The Labute approximate surface area is 195 Å². The number of aryl methyl sites for hydroxylation is 1. The van der Waals surface area contributed by atoms with Crippen molar-refractivity contribution in [1.82, 2.24) is 20.2 Å². The lowest BCUT2D eigenvalue weighted by Crippen LogP contribution is -2.34. The van der Waals surface area contributed by atoms with Crippen molar-refractivity contribution >= 4 is 34.3 Å². The molecular formula is C23H25ClN4O5. The van der Waals surface area contributed by atoms with Gasteiger partial charge in [0, 0.05) is 32.1 Å². The third-order valence-electron chi connectivity index (χ3n) is 4.98. The van der Waals surface area contributed by atoms with Crippen LogP contribution in [0.15, 0.2) is 47.5 Å². The highest BCUT2D eigenvalue weighted by molar-refractivity contribution is 6.33. The van der Waals surface area contributed by atoms with E-state index in [2.05, 4.69) is 15.6 Å². The van der Waals surface area contributed by atoms with Gasteiger partial charge in [-0.1, -0.05) is 23.7 Å². The predicted octanol–water partition coefficient (Wildman–Crippen LogP) is 2.39. The number of halogens is 1. The molecule has 0 fully saturated rings. The van der Waals surface area contributed by atoms with Crippen LogP contribution < -0.4 is 25.7 Å². The first-order chi connectivity index (χ1) is 15.9. The number of methoxy groups -OCH3 is 2. The molecule has 0 spiro atoms. The molecule has 0 saturated carbocycles. The molecule has 174 valence electrons. The van der Waals surface area contributed by atoms with Crippen LogP contribution in [0.1, 0.15) is 23.2 Å². The smallest absolute Gasteiger partial charge is 0.261 e. The van der Waals surface area contributed by atoms with Gasteiger partial charge in [0.2, 0.25) is 5.91 Å². The molecule has 9 nitrogen and oxygen atoms in total. The number of carbonyl (C=O) groups is 2. The average Bonchev–Trinajstić information content (AvgIpc) is 2.82. The first-order valence-electron chi connectivity index (χ1n) is 10.3. The fraction of sp³-hybridized carbons (Fsp3) is 0.304. The van der Waals surface area contributed by atoms with Crippen LogP contribution >= 0.6 is 11.6 Å². The maximum absolute atomic E-state index is 12.8. The minimum Gasteiger partial charge on any atom is -0.493 e. The van der Waals surface area contributed by atoms with Gasteiger partial charge >= 0.3 is 0 Å². The van der Waals surface area contributed by atoms with E-state index in [9.17, 15) is 14.4 Å². The van der Waals surface area contributed by atoms with Crippen LogP contribution in [0.3, 0.4) is 0 Å². The third kappa shape index (κ3) is 6.01. The molecule has 3 rings (SSSR count). The van der Waals surface area contributed by atoms with E-state index in [0.717, 1.165) is 0 Å². The number of nitrogens with zero attached hydrogens (tertiary/aromatic N) is 2. The summed E-state index contributed by atoms with van der Waals surface area (Å²) < 4.78 is 12.0. The molecule has 1 aromatic heterocycles. The molecule has 0 aliphatic rings. The lowest BCUT2D eigenvalue weighted by molar-refractivity contribution is -0.121. The van der Waals surface area contributed by atoms with E-state index in [1.165, 1.54) is 25.1 Å². The number of ether oxygens (including phenoxy) is 2. The highest BCUT2D eigenvalue weighted by Crippen LogP contribution is 2.29. The molecule has 0 radical (unpaired) electrons. The topological polar surface area (TPSA) is 112 Å². The summed E-state index contributed by atoms with van der Waals surface area (Å²) in [5.41, 5.74) is 0.671. The number of fused-ring (bicyclic) bond motifs is 1. The number of carbonyl (C=O) groups excluding carboxylic acids is 2. The second-order valence-corrected chi connectivity index (χ2v) is 7.56. The third-order valence-corrected chi connectivity index (χ3v) is 5.31. The normalized spacial score (nSPS) is 10.6. The van der Waals surface area contributed by atoms with E-state index in [-0.39, 0.29) is 36.9 Å². The zero-order chi connectivity index (χ0) is 23.8. The maximum atomic E-state index is 12.8. The minimum absolute atomic E-state index is 0.171. The van der Waals surface area contributed by atoms with Gasteiger partial charge in [0.05, 0.1) is 42.0 Å². The summed E-state index contributed by atoms with van der Waals surface area (Å²) in [6, 6.07) is 10.00. The van der Waals surface area contributed by atoms with Gasteiger partial charge in [-0.3, -0.25) is 19.0 Å². The molecule has 1 heterocycles. The van der Waals surface area contributed by atoms with Crippen LogP contribution in [-0.2, 0) is 11.3 Å². The minimum atomic E-state index is -0.299. The van der Waals surface area contributed by atoms with Crippen LogP contribution in [-0.4, -0.2) is 48.7 Å². The molecule has 0 aliphatic heterocycles. The summed E-state index contributed by atoms with van der Waals surface area (Å²) in [6.45, 7) is 0.899. The second kappa shape index (κ2) is 11.3. The van der Waals surface area contributed by atoms with E-state index in [1.54, 1.807) is 36.4 Å². The first kappa shape index (κ1) is 24.1. The Morgan fingerprint density at radius 3 is 2.48 bits per heavy atom. The molecule has 0 aliphatic carbocycles. The zero-order valence-corrected chi connectivity index (χ0v) is 19.1. The van der Waals surface area contributed by atoms with E-state index in [0.29, 0.717) is 46.0 Å². The van der Waals surface area contributed by atoms with E-state index < -0.39 is 0 Å². The Balaban J connectivity index is 1.46. The molecule has 33 heavy (non-hydrogen) atoms. The van der Waals surface area contributed by atoms with Crippen LogP contribution in [0.5, 0.6) is 11.5 Å². The Hall–Kier alpha value is -3.59. The van der Waals surface area contributed by atoms with Crippen molar-refractivity contribution in [3.8, 4) is 11.5 Å². The van der Waals surface area contributed by atoms with Crippen LogP contribution in [0.4, 0.5) is 0 Å². The molecule has 0 unspecified atom stereocenters. The van der Waals surface area contributed by atoms with Gasteiger partial charge in [0.15, 0.2) is 11.5 Å². The number of rotatable bonds is 10. The van der Waals surface area contributed by atoms with Gasteiger partial charge in [-0.05, 0) is 24.6 Å². The molecule has 0 saturated heterocycles. The lowest BCUT2D eigenvalue weighted by atomic mass is 10.2. The lowest BCUT2D eigenvalue weighted by Gasteiger charge is -2.11. The summed E-state index contributed by atoms with van der Waals surface area (Å²) in [4.78, 5) is 41.2. The fourth-order valence-electron chi connectivity index (χ4n) is 3.26. The quantitative estimate of drug-likeness (QED) is 0.438. The number of hydrogen-bond acceptors (Lipinski definition) is 6. The van der Waals surface area contributed by atoms with Crippen molar-refractivity contribution in [2.24, 2.45) is 0 Å². The molecule has 0 bridgehead atoms. The predicted molar refractivity (Wildman–Crippen MR) is 125 cm³/mol. The molecule has 10 heteroatoms. The number of aromatic nitrogens is 2. The van der Waals surface area contributed by atoms with Gasteiger partial charge < -0.3 is 20.1 Å². The van der Waals surface area contributed by atoms with Gasteiger partial charge in [-0.25, -0.2) is 4.98 Å². The van der Waals surface area contributed by atoms with Crippen molar-refractivity contribution in [3.63, 3.8) is 0 Å². The summed E-state index contributed by atoms with van der Waals surface area (Å²) in [5, 5.41) is 6.23. The fourth-order valence-corrected chi connectivity index (χ4v) is 3.48. The number of hydrogen-bond donors (Lipinski definition) is 2. The Morgan fingerprint density at radius 2 is 1.76 bits per heavy atom. The average molecular weight is 473 g/mol. The van der Waals surface area contributed by atoms with Crippen molar-refractivity contribution in [2.45, 2.75) is 19.4 Å². The number of benzene rings is 2. The SMILES string of the molecule is COc1cc2ncn(CCCC(=O)NCCNC(=O)c3ccccc3Cl)c(=O)c2cc1OC. The largest absolute Gasteiger partial charge is 0.493 e. The van der Waals surface area contributed by atoms with E-state index in [4.69, 9.17) is 21.1 Å². The van der Waals surface area contributed by atoms with Crippen molar-refractivity contribution in [2.75, 3.05) is 27.3 Å².